The van der Waals surface area contributed by atoms with Crippen LogP contribution < -0.4 is 15.4 Å². The first-order chi connectivity index (χ1) is 13.0. The van der Waals surface area contributed by atoms with Gasteiger partial charge in [0.1, 0.15) is 17.5 Å². The summed E-state index contributed by atoms with van der Waals surface area (Å²) in [6.45, 7) is 5.22. The summed E-state index contributed by atoms with van der Waals surface area (Å²) in [7, 11) is -3.60. The van der Waals surface area contributed by atoms with Gasteiger partial charge in [0.05, 0.1) is 4.90 Å². The van der Waals surface area contributed by atoms with E-state index in [0.717, 1.165) is 17.7 Å². The van der Waals surface area contributed by atoms with Gasteiger partial charge in [-0.1, -0.05) is 36.4 Å². The van der Waals surface area contributed by atoms with Crippen molar-refractivity contribution in [2.24, 2.45) is 0 Å². The summed E-state index contributed by atoms with van der Waals surface area (Å²) in [5.74, 6) is 2.04. The van der Waals surface area contributed by atoms with Gasteiger partial charge in [0.15, 0.2) is 0 Å². The van der Waals surface area contributed by atoms with Gasteiger partial charge in [-0.2, -0.15) is 0 Å². The molecule has 0 bridgehead atoms. The summed E-state index contributed by atoms with van der Waals surface area (Å²) < 4.78 is 28.0. The Bertz CT molecular complexity index is 1030. The third kappa shape index (κ3) is 4.72. The van der Waals surface area contributed by atoms with E-state index in [1.807, 2.05) is 44.2 Å². The number of hydrogen-bond donors (Lipinski definition) is 3. The van der Waals surface area contributed by atoms with Gasteiger partial charge in [-0.25, -0.2) is 23.1 Å². The summed E-state index contributed by atoms with van der Waals surface area (Å²) in [4.78, 5) is 8.88. The molecule has 3 N–H and O–H groups in total. The Balaban J connectivity index is 1.65. The van der Waals surface area contributed by atoms with E-state index in [2.05, 4.69) is 25.3 Å². The summed E-state index contributed by atoms with van der Waals surface area (Å²) in [5, 5.41) is 7.87. The molecule has 0 aliphatic heterocycles. The van der Waals surface area contributed by atoms with Crippen molar-refractivity contribution in [1.82, 2.24) is 14.7 Å². The summed E-state index contributed by atoms with van der Waals surface area (Å²) >= 11 is 0. The Labute approximate surface area is 159 Å². The van der Waals surface area contributed by atoms with Crippen molar-refractivity contribution < 1.29 is 8.42 Å². The maximum absolute atomic E-state index is 12.7. The number of nitrogens with zero attached hydrogens (tertiary/aromatic N) is 2. The Morgan fingerprint density at radius 3 is 2.41 bits per heavy atom. The molecule has 2 aromatic carbocycles. The molecule has 0 fully saturated rings. The fraction of sp³-hybridized carbons (Fsp3) is 0.263. The Hall–Kier alpha value is -2.71. The molecule has 0 unspecified atom stereocenters. The highest BCUT2D eigenvalue weighted by Crippen LogP contribution is 2.22. The van der Waals surface area contributed by atoms with Gasteiger partial charge < -0.3 is 10.6 Å². The van der Waals surface area contributed by atoms with Crippen molar-refractivity contribution >= 4 is 32.4 Å². The lowest BCUT2D eigenvalue weighted by molar-refractivity contribution is 0.584. The highest BCUT2D eigenvalue weighted by molar-refractivity contribution is 7.89. The van der Waals surface area contributed by atoms with Crippen LogP contribution in [0.5, 0.6) is 0 Å². The second kappa shape index (κ2) is 8.32. The van der Waals surface area contributed by atoms with Gasteiger partial charge in [0.25, 0.3) is 0 Å². The lowest BCUT2D eigenvalue weighted by Crippen LogP contribution is -2.29. The molecular weight excluding hydrogens is 362 g/mol. The van der Waals surface area contributed by atoms with Gasteiger partial charge in [-0.05, 0) is 25.3 Å². The number of anilines is 2. The lowest BCUT2D eigenvalue weighted by Gasteiger charge is -2.11. The van der Waals surface area contributed by atoms with Crippen molar-refractivity contribution in [3.8, 4) is 0 Å². The van der Waals surface area contributed by atoms with Gasteiger partial charge in [0, 0.05) is 31.1 Å². The zero-order chi connectivity index (χ0) is 19.3. The van der Waals surface area contributed by atoms with E-state index >= 15 is 0 Å². The molecule has 0 spiro atoms. The highest BCUT2D eigenvalue weighted by atomic mass is 32.2. The summed E-state index contributed by atoms with van der Waals surface area (Å²) in [6, 6.07) is 14.5. The molecule has 0 radical (unpaired) electrons. The molecule has 3 aromatic rings. The number of fused-ring (bicyclic) bond motifs is 1. The standard InChI is InChI=1S/C19H23N5O2S/c1-3-20-18-13-19(24-14(2)23-18)21-11-12-22-27(25,26)17-10-6-8-15-7-4-5-9-16(15)17/h4-10,13,22H,3,11-12H2,1-2H3,(H2,20,21,23,24). The third-order valence-electron chi connectivity index (χ3n) is 3.96. The number of aryl methyl sites for hydroxylation is 1. The van der Waals surface area contributed by atoms with E-state index in [-0.39, 0.29) is 11.4 Å². The zero-order valence-electron chi connectivity index (χ0n) is 15.4. The van der Waals surface area contributed by atoms with Crippen LogP contribution in [0.15, 0.2) is 53.4 Å². The zero-order valence-corrected chi connectivity index (χ0v) is 16.2. The Morgan fingerprint density at radius 1 is 0.926 bits per heavy atom. The van der Waals surface area contributed by atoms with Gasteiger partial charge in [-0.3, -0.25) is 0 Å². The quantitative estimate of drug-likeness (QED) is 0.516. The van der Waals surface area contributed by atoms with Crippen molar-refractivity contribution in [2.75, 3.05) is 30.3 Å². The Morgan fingerprint density at radius 2 is 1.63 bits per heavy atom. The second-order valence-corrected chi connectivity index (χ2v) is 7.75. The van der Waals surface area contributed by atoms with Crippen LogP contribution >= 0.6 is 0 Å². The van der Waals surface area contributed by atoms with Crippen molar-refractivity contribution in [3.05, 3.63) is 54.4 Å². The Kier molecular flexibility index (Phi) is 5.88. The average molecular weight is 385 g/mol. The van der Waals surface area contributed by atoms with Crippen molar-refractivity contribution in [2.45, 2.75) is 18.7 Å². The fourth-order valence-electron chi connectivity index (χ4n) is 2.81. The topological polar surface area (TPSA) is 96.0 Å². The van der Waals surface area contributed by atoms with Crippen LogP contribution in [-0.4, -0.2) is 38.0 Å². The highest BCUT2D eigenvalue weighted by Gasteiger charge is 2.16. The maximum atomic E-state index is 12.7. The van der Waals surface area contributed by atoms with Gasteiger partial charge >= 0.3 is 0 Å². The van der Waals surface area contributed by atoms with Crippen LogP contribution in [0.1, 0.15) is 12.7 Å². The van der Waals surface area contributed by atoms with E-state index in [1.165, 1.54) is 0 Å². The van der Waals surface area contributed by atoms with Crippen molar-refractivity contribution in [1.29, 1.82) is 0 Å². The normalized spacial score (nSPS) is 11.5. The maximum Gasteiger partial charge on any atom is 0.241 e. The molecule has 142 valence electrons. The average Bonchev–Trinajstić information content (AvgIpc) is 2.65. The number of rotatable bonds is 8. The first-order valence-corrected chi connectivity index (χ1v) is 10.3. The van der Waals surface area contributed by atoms with Crippen LogP contribution in [0.3, 0.4) is 0 Å². The fourth-order valence-corrected chi connectivity index (χ4v) is 4.07. The van der Waals surface area contributed by atoms with E-state index in [9.17, 15) is 8.42 Å². The molecular formula is C19H23N5O2S. The predicted octanol–water partition coefficient (Wildman–Crippen LogP) is 2.76. The molecule has 1 heterocycles. The third-order valence-corrected chi connectivity index (χ3v) is 5.48. The number of sulfonamides is 1. The molecule has 3 rings (SSSR count). The smallest absolute Gasteiger partial charge is 0.241 e. The molecule has 0 saturated heterocycles. The molecule has 0 amide bonds. The van der Waals surface area contributed by atoms with E-state index in [4.69, 9.17) is 0 Å². The van der Waals surface area contributed by atoms with Crippen LogP contribution in [0.2, 0.25) is 0 Å². The molecule has 7 nitrogen and oxygen atoms in total. The van der Waals surface area contributed by atoms with E-state index < -0.39 is 10.0 Å². The predicted molar refractivity (Wildman–Crippen MR) is 109 cm³/mol. The molecule has 1 aromatic heterocycles. The van der Waals surface area contributed by atoms with E-state index in [0.29, 0.717) is 23.6 Å². The van der Waals surface area contributed by atoms with Crippen LogP contribution in [0, 0.1) is 6.92 Å². The van der Waals surface area contributed by atoms with Crippen molar-refractivity contribution in [3.63, 3.8) is 0 Å². The first-order valence-electron chi connectivity index (χ1n) is 8.80. The minimum atomic E-state index is -3.60. The van der Waals surface area contributed by atoms with Crippen LogP contribution in [-0.2, 0) is 10.0 Å². The minimum Gasteiger partial charge on any atom is -0.370 e. The second-order valence-electron chi connectivity index (χ2n) is 6.02. The number of hydrogen-bond acceptors (Lipinski definition) is 6. The molecule has 0 saturated carbocycles. The molecule has 0 atom stereocenters. The summed E-state index contributed by atoms with van der Waals surface area (Å²) in [6.07, 6.45) is 0. The number of aromatic nitrogens is 2. The number of nitrogens with one attached hydrogen (secondary N) is 3. The van der Waals surface area contributed by atoms with Crippen LogP contribution in [0.25, 0.3) is 10.8 Å². The molecule has 0 aliphatic carbocycles. The van der Waals surface area contributed by atoms with E-state index in [1.54, 1.807) is 18.2 Å². The first kappa shape index (κ1) is 19.1. The summed E-state index contributed by atoms with van der Waals surface area (Å²) in [5.41, 5.74) is 0. The molecule has 8 heteroatoms. The molecule has 27 heavy (non-hydrogen) atoms. The molecule has 0 aliphatic rings. The SMILES string of the molecule is CCNc1cc(NCCNS(=O)(=O)c2cccc3ccccc23)nc(C)n1. The minimum absolute atomic E-state index is 0.241. The van der Waals surface area contributed by atoms with Gasteiger partial charge in [0.2, 0.25) is 10.0 Å². The van der Waals surface area contributed by atoms with Gasteiger partial charge in [-0.15, -0.1) is 0 Å². The monoisotopic (exact) mass is 385 g/mol. The number of benzene rings is 2. The largest absolute Gasteiger partial charge is 0.370 e. The van der Waals surface area contributed by atoms with Crippen LogP contribution in [0.4, 0.5) is 11.6 Å². The lowest BCUT2D eigenvalue weighted by atomic mass is 10.1.